The fourth-order valence-corrected chi connectivity index (χ4v) is 2.78. The van der Waals surface area contributed by atoms with Gasteiger partial charge in [-0.3, -0.25) is 4.98 Å². The number of para-hydroxylation sites is 1. The van der Waals surface area contributed by atoms with Gasteiger partial charge < -0.3 is 5.32 Å². The zero-order valence-corrected chi connectivity index (χ0v) is 10.3. The predicted octanol–water partition coefficient (Wildman–Crippen LogP) is 2.92. The van der Waals surface area contributed by atoms with Crippen LogP contribution in [0.2, 0.25) is 0 Å². The molecule has 0 amide bonds. The second kappa shape index (κ2) is 5.02. The van der Waals surface area contributed by atoms with Gasteiger partial charge in [0.05, 0.1) is 0 Å². The normalized spacial score (nSPS) is 20.2. The second-order valence-corrected chi connectivity index (χ2v) is 5.02. The summed E-state index contributed by atoms with van der Waals surface area (Å²) in [6.45, 7) is 2.20. The molecule has 0 aliphatic carbocycles. The third-order valence-electron chi connectivity index (χ3n) is 3.72. The Kier molecular flexibility index (Phi) is 3.24. The van der Waals surface area contributed by atoms with E-state index >= 15 is 0 Å². The summed E-state index contributed by atoms with van der Waals surface area (Å²) >= 11 is 0. The number of piperidine rings is 1. The van der Waals surface area contributed by atoms with Crippen molar-refractivity contribution in [1.82, 2.24) is 10.3 Å². The number of hydrogen-bond acceptors (Lipinski definition) is 2. The number of rotatable bonds is 2. The van der Waals surface area contributed by atoms with E-state index in [9.17, 15) is 4.39 Å². The molecule has 94 valence electrons. The molecule has 18 heavy (non-hydrogen) atoms. The molecule has 0 radical (unpaired) electrons. The number of halogens is 1. The summed E-state index contributed by atoms with van der Waals surface area (Å²) < 4.78 is 13.7. The van der Waals surface area contributed by atoms with Crippen LogP contribution in [0.25, 0.3) is 10.9 Å². The van der Waals surface area contributed by atoms with E-state index in [0.29, 0.717) is 11.4 Å². The number of pyridine rings is 1. The van der Waals surface area contributed by atoms with Crippen LogP contribution in [-0.2, 0) is 6.42 Å². The van der Waals surface area contributed by atoms with Crippen molar-refractivity contribution < 1.29 is 4.39 Å². The Morgan fingerprint density at radius 2 is 2.28 bits per heavy atom. The highest BCUT2D eigenvalue weighted by atomic mass is 19.1. The van der Waals surface area contributed by atoms with Gasteiger partial charge in [-0.15, -0.1) is 0 Å². The van der Waals surface area contributed by atoms with E-state index in [1.165, 1.54) is 24.5 Å². The largest absolute Gasteiger partial charge is 0.316 e. The number of nitrogens with one attached hydrogen (secondary N) is 1. The molecule has 1 aliphatic heterocycles. The number of aromatic nitrogens is 1. The highest BCUT2D eigenvalue weighted by molar-refractivity contribution is 5.82. The lowest BCUT2D eigenvalue weighted by Crippen LogP contribution is -2.30. The van der Waals surface area contributed by atoms with Crippen LogP contribution in [-0.4, -0.2) is 18.1 Å². The van der Waals surface area contributed by atoms with Crippen LogP contribution in [0, 0.1) is 11.7 Å². The molecule has 3 rings (SSSR count). The Morgan fingerprint density at radius 3 is 3.11 bits per heavy atom. The highest BCUT2D eigenvalue weighted by Crippen LogP contribution is 2.23. The van der Waals surface area contributed by atoms with Gasteiger partial charge in [-0.05, 0) is 56.0 Å². The molecule has 0 saturated carbocycles. The molecule has 0 spiro atoms. The summed E-state index contributed by atoms with van der Waals surface area (Å²) in [4.78, 5) is 4.14. The van der Waals surface area contributed by atoms with E-state index in [-0.39, 0.29) is 5.82 Å². The fraction of sp³-hybridized carbons (Fsp3) is 0.400. The van der Waals surface area contributed by atoms with Gasteiger partial charge in [-0.1, -0.05) is 12.1 Å². The molecule has 1 unspecified atom stereocenters. The van der Waals surface area contributed by atoms with Crippen molar-refractivity contribution in [3.63, 3.8) is 0 Å². The third kappa shape index (κ3) is 2.23. The van der Waals surface area contributed by atoms with Gasteiger partial charge in [0.1, 0.15) is 11.3 Å². The average molecular weight is 244 g/mol. The Morgan fingerprint density at radius 1 is 1.33 bits per heavy atom. The molecule has 1 aliphatic rings. The first-order valence-electron chi connectivity index (χ1n) is 6.57. The van der Waals surface area contributed by atoms with Crippen molar-refractivity contribution in [3.8, 4) is 0 Å². The Hall–Kier alpha value is -1.48. The minimum atomic E-state index is -0.226. The van der Waals surface area contributed by atoms with Crippen LogP contribution < -0.4 is 5.32 Å². The molecular formula is C15H17FN2. The van der Waals surface area contributed by atoms with Gasteiger partial charge in [0.15, 0.2) is 0 Å². The molecule has 1 N–H and O–H groups in total. The lowest BCUT2D eigenvalue weighted by Gasteiger charge is -2.23. The Balaban J connectivity index is 1.93. The molecule has 1 atom stereocenters. The fourth-order valence-electron chi connectivity index (χ4n) is 2.78. The van der Waals surface area contributed by atoms with Gasteiger partial charge in [-0.2, -0.15) is 0 Å². The van der Waals surface area contributed by atoms with Crippen LogP contribution >= 0.6 is 0 Å². The standard InChI is InChI=1S/C15H17FN2/c16-14-5-1-4-13-12(6-8-18-15(13)14)9-11-3-2-7-17-10-11/h1,4-6,8,11,17H,2-3,7,9-10H2. The van der Waals surface area contributed by atoms with Crippen molar-refractivity contribution in [2.45, 2.75) is 19.3 Å². The monoisotopic (exact) mass is 244 g/mol. The van der Waals surface area contributed by atoms with E-state index in [1.807, 2.05) is 12.1 Å². The smallest absolute Gasteiger partial charge is 0.149 e. The minimum absolute atomic E-state index is 0.226. The molecular weight excluding hydrogens is 227 g/mol. The van der Waals surface area contributed by atoms with Crippen molar-refractivity contribution in [1.29, 1.82) is 0 Å². The van der Waals surface area contributed by atoms with E-state index in [1.54, 1.807) is 12.3 Å². The molecule has 2 heterocycles. The number of benzene rings is 1. The van der Waals surface area contributed by atoms with Crippen LogP contribution in [0.1, 0.15) is 18.4 Å². The summed E-state index contributed by atoms with van der Waals surface area (Å²) in [5.74, 6) is 0.434. The average Bonchev–Trinajstić information content (AvgIpc) is 2.41. The first-order chi connectivity index (χ1) is 8.84. The van der Waals surface area contributed by atoms with E-state index in [0.717, 1.165) is 24.9 Å². The molecule has 2 nitrogen and oxygen atoms in total. The summed E-state index contributed by atoms with van der Waals surface area (Å²) in [5, 5.41) is 4.39. The van der Waals surface area contributed by atoms with Crippen LogP contribution in [0.3, 0.4) is 0 Å². The molecule has 1 aromatic carbocycles. The van der Waals surface area contributed by atoms with E-state index in [4.69, 9.17) is 0 Å². The van der Waals surface area contributed by atoms with Crippen molar-refractivity contribution in [2.24, 2.45) is 5.92 Å². The predicted molar refractivity (Wildman–Crippen MR) is 71.0 cm³/mol. The molecule has 1 fully saturated rings. The first-order valence-corrected chi connectivity index (χ1v) is 6.57. The lowest BCUT2D eigenvalue weighted by molar-refractivity contribution is 0.377. The number of hydrogen-bond donors (Lipinski definition) is 1. The lowest BCUT2D eigenvalue weighted by atomic mass is 9.91. The summed E-state index contributed by atoms with van der Waals surface area (Å²) in [6.07, 6.45) is 5.22. The molecule has 0 bridgehead atoms. The van der Waals surface area contributed by atoms with Crippen molar-refractivity contribution >= 4 is 10.9 Å². The number of nitrogens with zero attached hydrogens (tertiary/aromatic N) is 1. The second-order valence-electron chi connectivity index (χ2n) is 5.02. The summed E-state index contributed by atoms with van der Waals surface area (Å²) in [6, 6.07) is 7.23. The molecule has 2 aromatic rings. The Bertz CT molecular complexity index is 547. The quantitative estimate of drug-likeness (QED) is 0.878. The first kappa shape index (κ1) is 11.6. The van der Waals surface area contributed by atoms with Crippen molar-refractivity contribution in [3.05, 3.63) is 41.8 Å². The minimum Gasteiger partial charge on any atom is -0.316 e. The van der Waals surface area contributed by atoms with E-state index < -0.39 is 0 Å². The zero-order valence-electron chi connectivity index (χ0n) is 10.3. The van der Waals surface area contributed by atoms with Gasteiger partial charge in [0, 0.05) is 11.6 Å². The maximum atomic E-state index is 13.7. The van der Waals surface area contributed by atoms with Crippen LogP contribution in [0.15, 0.2) is 30.5 Å². The van der Waals surface area contributed by atoms with Gasteiger partial charge >= 0.3 is 0 Å². The summed E-state index contributed by atoms with van der Waals surface area (Å²) in [5.41, 5.74) is 1.71. The van der Waals surface area contributed by atoms with Crippen LogP contribution in [0.4, 0.5) is 4.39 Å². The maximum absolute atomic E-state index is 13.7. The van der Waals surface area contributed by atoms with Gasteiger partial charge in [0.2, 0.25) is 0 Å². The third-order valence-corrected chi connectivity index (χ3v) is 3.72. The summed E-state index contributed by atoms with van der Waals surface area (Å²) in [7, 11) is 0. The van der Waals surface area contributed by atoms with Crippen LogP contribution in [0.5, 0.6) is 0 Å². The molecule has 3 heteroatoms. The molecule has 1 saturated heterocycles. The van der Waals surface area contributed by atoms with Gasteiger partial charge in [-0.25, -0.2) is 4.39 Å². The Labute approximate surface area is 106 Å². The maximum Gasteiger partial charge on any atom is 0.149 e. The topological polar surface area (TPSA) is 24.9 Å². The van der Waals surface area contributed by atoms with Gasteiger partial charge in [0.25, 0.3) is 0 Å². The zero-order chi connectivity index (χ0) is 12.4. The van der Waals surface area contributed by atoms with E-state index in [2.05, 4.69) is 10.3 Å². The SMILES string of the molecule is Fc1cccc2c(CC3CCCNC3)ccnc12. The number of fused-ring (bicyclic) bond motifs is 1. The van der Waals surface area contributed by atoms with Crippen molar-refractivity contribution in [2.75, 3.05) is 13.1 Å². The molecule has 1 aromatic heterocycles. The highest BCUT2D eigenvalue weighted by Gasteiger charge is 2.15.